The maximum Gasteiger partial charge on any atom is 0.180 e. The molecule has 0 saturated heterocycles. The van der Waals surface area contributed by atoms with Crippen molar-refractivity contribution in [3.8, 4) is 5.75 Å². The van der Waals surface area contributed by atoms with Crippen molar-refractivity contribution in [1.29, 1.82) is 0 Å². The van der Waals surface area contributed by atoms with E-state index in [9.17, 15) is 0 Å². The molecule has 1 aromatic heterocycles. The number of anilines is 1. The highest BCUT2D eigenvalue weighted by atomic mass is 16.5. The first-order valence-electron chi connectivity index (χ1n) is 6.95. The van der Waals surface area contributed by atoms with Crippen LogP contribution in [0.15, 0.2) is 6.20 Å². The normalized spacial score (nSPS) is 11.4. The van der Waals surface area contributed by atoms with Gasteiger partial charge in [0.2, 0.25) is 0 Å². The fourth-order valence-electron chi connectivity index (χ4n) is 1.62. The number of aromatic nitrogens is 2. The lowest BCUT2D eigenvalue weighted by molar-refractivity contribution is 0.130. The molecular weight excluding hydrogens is 240 g/mol. The molecule has 0 spiro atoms. The van der Waals surface area contributed by atoms with Crippen LogP contribution < -0.4 is 15.8 Å². The van der Waals surface area contributed by atoms with Crippen molar-refractivity contribution in [2.24, 2.45) is 5.73 Å². The van der Waals surface area contributed by atoms with E-state index in [0.717, 1.165) is 18.8 Å². The van der Waals surface area contributed by atoms with E-state index in [1.54, 1.807) is 6.20 Å². The monoisotopic (exact) mass is 266 g/mol. The van der Waals surface area contributed by atoms with Gasteiger partial charge < -0.3 is 15.8 Å². The molecule has 1 heterocycles. The first-order chi connectivity index (χ1) is 8.96. The highest BCUT2D eigenvalue weighted by Crippen LogP contribution is 2.25. The number of hydrogen-bond acceptors (Lipinski definition) is 5. The van der Waals surface area contributed by atoms with Crippen LogP contribution in [0.3, 0.4) is 0 Å². The number of nitrogens with zero attached hydrogens (tertiary/aromatic N) is 2. The first kappa shape index (κ1) is 15.7. The molecule has 0 radical (unpaired) electrons. The molecular formula is C14H26N4O. The van der Waals surface area contributed by atoms with E-state index >= 15 is 0 Å². The number of ether oxygens (including phenoxy) is 1. The Kier molecular flexibility index (Phi) is 6.02. The molecule has 0 fully saturated rings. The SMILES string of the molecule is CCCCCNc1nc(CN)ncc1OC(C)(C)C. The molecule has 0 unspecified atom stereocenters. The molecule has 0 bridgehead atoms. The van der Waals surface area contributed by atoms with Gasteiger partial charge in [-0.05, 0) is 27.2 Å². The molecule has 108 valence electrons. The van der Waals surface area contributed by atoms with E-state index < -0.39 is 0 Å². The molecule has 0 aromatic carbocycles. The number of rotatable bonds is 7. The van der Waals surface area contributed by atoms with Gasteiger partial charge in [-0.3, -0.25) is 0 Å². The van der Waals surface area contributed by atoms with Crippen LogP contribution in [-0.2, 0) is 6.54 Å². The minimum Gasteiger partial charge on any atom is -0.483 e. The molecule has 0 amide bonds. The van der Waals surface area contributed by atoms with Gasteiger partial charge in [-0.2, -0.15) is 0 Å². The van der Waals surface area contributed by atoms with Crippen molar-refractivity contribution in [1.82, 2.24) is 9.97 Å². The third kappa shape index (κ3) is 5.87. The smallest absolute Gasteiger partial charge is 0.180 e. The Balaban J connectivity index is 2.77. The average molecular weight is 266 g/mol. The molecule has 5 heteroatoms. The van der Waals surface area contributed by atoms with E-state index in [-0.39, 0.29) is 5.60 Å². The third-order valence-corrected chi connectivity index (χ3v) is 2.48. The van der Waals surface area contributed by atoms with Gasteiger partial charge in [-0.1, -0.05) is 19.8 Å². The summed E-state index contributed by atoms with van der Waals surface area (Å²) in [7, 11) is 0. The molecule has 19 heavy (non-hydrogen) atoms. The van der Waals surface area contributed by atoms with Crippen molar-refractivity contribution in [2.45, 2.75) is 59.1 Å². The van der Waals surface area contributed by atoms with Gasteiger partial charge in [0.1, 0.15) is 11.4 Å². The van der Waals surface area contributed by atoms with Gasteiger partial charge >= 0.3 is 0 Å². The molecule has 0 aliphatic heterocycles. The average Bonchev–Trinajstić information content (AvgIpc) is 2.34. The second kappa shape index (κ2) is 7.28. The highest BCUT2D eigenvalue weighted by molar-refractivity contribution is 5.48. The Bertz CT molecular complexity index is 388. The topological polar surface area (TPSA) is 73.1 Å². The van der Waals surface area contributed by atoms with Crippen LogP contribution in [0, 0.1) is 0 Å². The maximum atomic E-state index is 5.86. The Morgan fingerprint density at radius 3 is 2.63 bits per heavy atom. The predicted molar refractivity (Wildman–Crippen MR) is 78.3 cm³/mol. The summed E-state index contributed by atoms with van der Waals surface area (Å²) < 4.78 is 5.86. The molecule has 0 aliphatic rings. The second-order valence-electron chi connectivity index (χ2n) is 5.55. The van der Waals surface area contributed by atoms with Crippen molar-refractivity contribution < 1.29 is 4.74 Å². The highest BCUT2D eigenvalue weighted by Gasteiger charge is 2.16. The van der Waals surface area contributed by atoms with Gasteiger partial charge in [0.15, 0.2) is 11.6 Å². The number of hydrogen-bond donors (Lipinski definition) is 2. The summed E-state index contributed by atoms with van der Waals surface area (Å²) in [6.45, 7) is 9.42. The second-order valence-corrected chi connectivity index (χ2v) is 5.55. The Labute approximate surface area is 116 Å². The zero-order chi connectivity index (χ0) is 14.3. The quantitative estimate of drug-likeness (QED) is 0.742. The van der Waals surface area contributed by atoms with Crippen molar-refractivity contribution >= 4 is 5.82 Å². The van der Waals surface area contributed by atoms with Crippen molar-refractivity contribution in [3.05, 3.63) is 12.0 Å². The predicted octanol–water partition coefficient (Wildman–Crippen LogP) is 2.71. The van der Waals surface area contributed by atoms with Crippen LogP contribution in [0.2, 0.25) is 0 Å². The Morgan fingerprint density at radius 1 is 1.32 bits per heavy atom. The minimum atomic E-state index is -0.270. The van der Waals surface area contributed by atoms with Gasteiger partial charge in [-0.15, -0.1) is 0 Å². The summed E-state index contributed by atoms with van der Waals surface area (Å²) in [5.41, 5.74) is 5.31. The summed E-state index contributed by atoms with van der Waals surface area (Å²) in [6, 6.07) is 0. The summed E-state index contributed by atoms with van der Waals surface area (Å²) in [4.78, 5) is 8.59. The van der Waals surface area contributed by atoms with E-state index in [1.165, 1.54) is 12.8 Å². The molecule has 5 nitrogen and oxygen atoms in total. The molecule has 0 aliphatic carbocycles. The summed E-state index contributed by atoms with van der Waals surface area (Å²) in [6.07, 6.45) is 5.22. The van der Waals surface area contributed by atoms with Gasteiger partial charge in [0, 0.05) is 6.54 Å². The summed E-state index contributed by atoms with van der Waals surface area (Å²) in [5.74, 6) is 2.04. The van der Waals surface area contributed by atoms with Gasteiger partial charge in [0.05, 0.1) is 12.7 Å². The summed E-state index contributed by atoms with van der Waals surface area (Å²) in [5, 5.41) is 3.31. The molecule has 1 aromatic rings. The lowest BCUT2D eigenvalue weighted by Gasteiger charge is -2.23. The van der Waals surface area contributed by atoms with Crippen LogP contribution in [0.1, 0.15) is 52.8 Å². The van der Waals surface area contributed by atoms with Gasteiger partial charge in [0.25, 0.3) is 0 Å². The zero-order valence-corrected chi connectivity index (χ0v) is 12.5. The van der Waals surface area contributed by atoms with E-state index in [1.807, 2.05) is 20.8 Å². The Morgan fingerprint density at radius 2 is 2.05 bits per heavy atom. The van der Waals surface area contributed by atoms with Crippen LogP contribution >= 0.6 is 0 Å². The number of unbranched alkanes of at least 4 members (excludes halogenated alkanes) is 2. The first-order valence-corrected chi connectivity index (χ1v) is 6.95. The van der Waals surface area contributed by atoms with Crippen molar-refractivity contribution in [2.75, 3.05) is 11.9 Å². The molecule has 0 atom stereocenters. The van der Waals surface area contributed by atoms with Crippen LogP contribution in [0.4, 0.5) is 5.82 Å². The summed E-state index contributed by atoms with van der Waals surface area (Å²) >= 11 is 0. The number of nitrogens with one attached hydrogen (secondary N) is 1. The van der Waals surface area contributed by atoms with Crippen LogP contribution in [0.5, 0.6) is 5.75 Å². The zero-order valence-electron chi connectivity index (χ0n) is 12.5. The van der Waals surface area contributed by atoms with Crippen LogP contribution in [-0.4, -0.2) is 22.1 Å². The minimum absolute atomic E-state index is 0.270. The fraction of sp³-hybridized carbons (Fsp3) is 0.714. The molecule has 1 rings (SSSR count). The largest absolute Gasteiger partial charge is 0.483 e. The lowest BCUT2D eigenvalue weighted by atomic mass is 10.2. The maximum absolute atomic E-state index is 5.86. The van der Waals surface area contributed by atoms with Crippen LogP contribution in [0.25, 0.3) is 0 Å². The lowest BCUT2D eigenvalue weighted by Crippen LogP contribution is -2.24. The van der Waals surface area contributed by atoms with Gasteiger partial charge in [-0.25, -0.2) is 9.97 Å². The standard InChI is InChI=1S/C14H26N4O/c1-5-6-7-8-16-13-11(19-14(2,3)4)10-17-12(9-15)18-13/h10H,5-9,15H2,1-4H3,(H,16,17,18). The van der Waals surface area contributed by atoms with Crippen molar-refractivity contribution in [3.63, 3.8) is 0 Å². The molecule has 3 N–H and O–H groups in total. The van der Waals surface area contributed by atoms with E-state index in [2.05, 4.69) is 22.2 Å². The third-order valence-electron chi connectivity index (χ3n) is 2.48. The fourth-order valence-corrected chi connectivity index (χ4v) is 1.62. The van der Waals surface area contributed by atoms with E-state index in [0.29, 0.717) is 18.1 Å². The molecule has 0 saturated carbocycles. The van der Waals surface area contributed by atoms with E-state index in [4.69, 9.17) is 10.5 Å². The Hall–Kier alpha value is -1.36. The number of nitrogens with two attached hydrogens (primary N) is 1.